The van der Waals surface area contributed by atoms with Crippen molar-refractivity contribution in [3.8, 4) is 5.75 Å². The van der Waals surface area contributed by atoms with E-state index in [1.807, 2.05) is 0 Å². The minimum absolute atomic E-state index is 0.140. The summed E-state index contributed by atoms with van der Waals surface area (Å²) < 4.78 is 13.3. The number of phenols is 1. The average Bonchev–Trinajstić information content (AvgIpc) is 2.74. The Balaban J connectivity index is 2.45. The molecule has 1 aliphatic rings. The fourth-order valence-corrected chi connectivity index (χ4v) is 1.96. The summed E-state index contributed by atoms with van der Waals surface area (Å²) in [4.78, 5) is 10.8. The summed E-state index contributed by atoms with van der Waals surface area (Å²) in [6, 6.07) is 1.99. The highest BCUT2D eigenvalue weighted by atomic mass is 19.1. The molecule has 0 aliphatic carbocycles. The van der Waals surface area contributed by atoms with Gasteiger partial charge in [-0.2, -0.15) is 0 Å². The molecule has 1 atom stereocenters. The van der Waals surface area contributed by atoms with Gasteiger partial charge >= 0.3 is 5.97 Å². The van der Waals surface area contributed by atoms with E-state index in [4.69, 9.17) is 5.11 Å². The number of carbonyl (C=O) groups is 1. The van der Waals surface area contributed by atoms with Crippen molar-refractivity contribution in [3.63, 3.8) is 0 Å². The molecule has 2 rings (SSSR count). The number of hydrogen-bond acceptors (Lipinski definition) is 3. The highest BCUT2D eigenvalue weighted by molar-refractivity contribution is 5.88. The number of carboxylic acids is 1. The lowest BCUT2D eigenvalue weighted by Crippen LogP contribution is -2.14. The molecular formula is C11H12FNO3. The molecule has 0 saturated carbocycles. The molecule has 16 heavy (non-hydrogen) atoms. The topological polar surface area (TPSA) is 69.6 Å². The van der Waals surface area contributed by atoms with Crippen LogP contribution in [0, 0.1) is 5.82 Å². The van der Waals surface area contributed by atoms with E-state index in [1.54, 1.807) is 0 Å². The van der Waals surface area contributed by atoms with Gasteiger partial charge < -0.3 is 15.5 Å². The summed E-state index contributed by atoms with van der Waals surface area (Å²) in [5, 5.41) is 21.4. The molecule has 1 aromatic carbocycles. The first-order valence-electron chi connectivity index (χ1n) is 5.08. The number of hydrogen-bond donors (Lipinski definition) is 3. The minimum Gasteiger partial charge on any atom is -0.505 e. The quantitative estimate of drug-likeness (QED) is 0.715. The predicted molar refractivity (Wildman–Crippen MR) is 55.0 cm³/mol. The highest BCUT2D eigenvalue weighted by Crippen LogP contribution is 2.33. The van der Waals surface area contributed by atoms with Crippen LogP contribution in [0.1, 0.15) is 34.8 Å². The first kappa shape index (κ1) is 10.9. The number of aromatic hydroxyl groups is 1. The van der Waals surface area contributed by atoms with E-state index in [1.165, 1.54) is 6.07 Å². The Morgan fingerprint density at radius 2 is 2.25 bits per heavy atom. The summed E-state index contributed by atoms with van der Waals surface area (Å²) in [7, 11) is 0. The van der Waals surface area contributed by atoms with Crippen LogP contribution < -0.4 is 5.32 Å². The van der Waals surface area contributed by atoms with Gasteiger partial charge in [0.15, 0.2) is 11.6 Å². The largest absolute Gasteiger partial charge is 0.505 e. The van der Waals surface area contributed by atoms with Crippen molar-refractivity contribution >= 4 is 5.97 Å². The second-order valence-corrected chi connectivity index (χ2v) is 3.85. The second-order valence-electron chi connectivity index (χ2n) is 3.85. The van der Waals surface area contributed by atoms with Crippen LogP contribution in [-0.2, 0) is 0 Å². The van der Waals surface area contributed by atoms with E-state index in [9.17, 15) is 14.3 Å². The molecule has 86 valence electrons. The summed E-state index contributed by atoms with van der Waals surface area (Å²) >= 11 is 0. The normalized spacial score (nSPS) is 19.9. The van der Waals surface area contributed by atoms with Crippen molar-refractivity contribution in [3.05, 3.63) is 29.1 Å². The van der Waals surface area contributed by atoms with E-state index < -0.39 is 17.5 Å². The van der Waals surface area contributed by atoms with Gasteiger partial charge in [0.25, 0.3) is 0 Å². The molecule has 1 fully saturated rings. The fourth-order valence-electron chi connectivity index (χ4n) is 1.96. The zero-order valence-electron chi connectivity index (χ0n) is 8.53. The van der Waals surface area contributed by atoms with Gasteiger partial charge in [0, 0.05) is 11.6 Å². The van der Waals surface area contributed by atoms with E-state index in [0.717, 1.165) is 25.5 Å². The number of rotatable bonds is 2. The van der Waals surface area contributed by atoms with E-state index in [-0.39, 0.29) is 11.6 Å². The molecule has 1 heterocycles. The number of carboxylic acid groups (broad SMARTS) is 1. The zero-order valence-corrected chi connectivity index (χ0v) is 8.53. The molecule has 0 bridgehead atoms. The van der Waals surface area contributed by atoms with Gasteiger partial charge in [-0.1, -0.05) is 0 Å². The van der Waals surface area contributed by atoms with E-state index >= 15 is 0 Å². The molecule has 1 saturated heterocycles. The van der Waals surface area contributed by atoms with Crippen molar-refractivity contribution in [2.75, 3.05) is 6.54 Å². The predicted octanol–water partition coefficient (Wildman–Crippen LogP) is 1.65. The second kappa shape index (κ2) is 4.09. The van der Waals surface area contributed by atoms with Gasteiger partial charge in [-0.3, -0.25) is 0 Å². The van der Waals surface area contributed by atoms with Gasteiger partial charge in [0.1, 0.15) is 0 Å². The Kier molecular flexibility index (Phi) is 2.78. The average molecular weight is 225 g/mol. The van der Waals surface area contributed by atoms with Crippen LogP contribution in [0.3, 0.4) is 0 Å². The van der Waals surface area contributed by atoms with Crippen molar-refractivity contribution < 1.29 is 19.4 Å². The summed E-state index contributed by atoms with van der Waals surface area (Å²) in [6.45, 7) is 0.795. The molecule has 4 nitrogen and oxygen atoms in total. The highest BCUT2D eigenvalue weighted by Gasteiger charge is 2.23. The smallest absolute Gasteiger partial charge is 0.335 e. The zero-order chi connectivity index (χ0) is 11.7. The third-order valence-electron chi connectivity index (χ3n) is 2.78. The molecule has 0 spiro atoms. The van der Waals surface area contributed by atoms with Crippen LogP contribution in [0.2, 0.25) is 0 Å². The van der Waals surface area contributed by atoms with Crippen LogP contribution in [-0.4, -0.2) is 22.7 Å². The molecule has 0 aromatic heterocycles. The van der Waals surface area contributed by atoms with Gasteiger partial charge in [0.2, 0.25) is 0 Å². The first-order valence-corrected chi connectivity index (χ1v) is 5.08. The Morgan fingerprint density at radius 1 is 1.50 bits per heavy atom. The maximum Gasteiger partial charge on any atom is 0.335 e. The lowest BCUT2D eigenvalue weighted by atomic mass is 10.0. The Labute approximate surface area is 91.7 Å². The van der Waals surface area contributed by atoms with Crippen molar-refractivity contribution in [2.24, 2.45) is 0 Å². The molecule has 0 amide bonds. The van der Waals surface area contributed by atoms with Crippen LogP contribution >= 0.6 is 0 Å². The van der Waals surface area contributed by atoms with Crippen LogP contribution in [0.15, 0.2) is 12.1 Å². The molecule has 3 N–H and O–H groups in total. The monoisotopic (exact) mass is 225 g/mol. The number of nitrogens with one attached hydrogen (secondary N) is 1. The van der Waals surface area contributed by atoms with Gasteiger partial charge in [0.05, 0.1) is 5.56 Å². The Morgan fingerprint density at radius 3 is 2.81 bits per heavy atom. The number of phenolic OH excluding ortho intramolecular Hbond substituents is 1. The van der Waals surface area contributed by atoms with Gasteiger partial charge in [-0.05, 0) is 31.5 Å². The van der Waals surface area contributed by atoms with Gasteiger partial charge in [-0.25, -0.2) is 9.18 Å². The number of halogens is 1. The standard InChI is InChI=1S/C11H12FNO3/c12-8-5-6(11(15)16)4-7(10(8)14)9-2-1-3-13-9/h4-5,9,13-14H,1-3H2,(H,15,16)/t9-/m1/s1. The number of benzene rings is 1. The summed E-state index contributed by atoms with van der Waals surface area (Å²) in [5.41, 5.74) is 0.189. The van der Waals surface area contributed by atoms with Crippen LogP contribution in [0.5, 0.6) is 5.75 Å². The lowest BCUT2D eigenvalue weighted by Gasteiger charge is -2.13. The van der Waals surface area contributed by atoms with E-state index in [2.05, 4.69) is 5.32 Å². The molecule has 1 aromatic rings. The molecule has 5 heteroatoms. The van der Waals surface area contributed by atoms with Crippen molar-refractivity contribution in [1.29, 1.82) is 0 Å². The third-order valence-corrected chi connectivity index (χ3v) is 2.78. The van der Waals surface area contributed by atoms with Crippen LogP contribution in [0.25, 0.3) is 0 Å². The minimum atomic E-state index is -1.20. The molecule has 0 unspecified atom stereocenters. The van der Waals surface area contributed by atoms with Crippen LogP contribution in [0.4, 0.5) is 4.39 Å². The summed E-state index contributed by atoms with van der Waals surface area (Å²) in [6.07, 6.45) is 1.71. The maximum absolute atomic E-state index is 13.3. The number of aromatic carboxylic acids is 1. The molecular weight excluding hydrogens is 213 g/mol. The lowest BCUT2D eigenvalue weighted by molar-refractivity contribution is 0.0696. The first-order chi connectivity index (χ1) is 7.59. The molecule has 1 aliphatic heterocycles. The van der Waals surface area contributed by atoms with Crippen molar-refractivity contribution in [1.82, 2.24) is 5.32 Å². The van der Waals surface area contributed by atoms with Crippen molar-refractivity contribution in [2.45, 2.75) is 18.9 Å². The Bertz CT molecular complexity index is 427. The summed E-state index contributed by atoms with van der Waals surface area (Å²) in [5.74, 6) is -2.54. The maximum atomic E-state index is 13.3. The molecule has 0 radical (unpaired) electrons. The van der Waals surface area contributed by atoms with Gasteiger partial charge in [-0.15, -0.1) is 0 Å². The Hall–Kier alpha value is -1.62. The SMILES string of the molecule is O=C(O)c1cc(F)c(O)c([C@H]2CCCN2)c1. The van der Waals surface area contributed by atoms with E-state index in [0.29, 0.717) is 5.56 Å². The fraction of sp³-hybridized carbons (Fsp3) is 0.364. The third kappa shape index (κ3) is 1.86.